The van der Waals surface area contributed by atoms with Crippen molar-refractivity contribution in [1.82, 2.24) is 5.32 Å². The number of hydrogen-bond donors (Lipinski definition) is 1. The molecule has 0 bridgehead atoms. The van der Waals surface area contributed by atoms with Gasteiger partial charge in [-0.15, -0.1) is 0 Å². The minimum atomic E-state index is -1.08. The number of ether oxygens (including phenoxy) is 2. The second-order valence-electron chi connectivity index (χ2n) is 6.28. The fourth-order valence-corrected chi connectivity index (χ4v) is 3.12. The van der Waals surface area contributed by atoms with Gasteiger partial charge in [0.2, 0.25) is 5.91 Å². The summed E-state index contributed by atoms with van der Waals surface area (Å²) in [6, 6.07) is 12.7. The van der Waals surface area contributed by atoms with Crippen LogP contribution in [-0.2, 0) is 14.3 Å². The zero-order valence-corrected chi connectivity index (χ0v) is 15.2. The molecule has 3 rings (SSSR count). The third kappa shape index (κ3) is 4.36. The Bertz CT molecular complexity index is 912. The van der Waals surface area contributed by atoms with Crippen molar-refractivity contribution < 1.29 is 27.8 Å². The molecule has 5 nitrogen and oxygen atoms in total. The van der Waals surface area contributed by atoms with Crippen LogP contribution in [-0.4, -0.2) is 25.1 Å². The Hall–Kier alpha value is -3.22. The molecule has 146 valence electrons. The summed E-state index contributed by atoms with van der Waals surface area (Å²) >= 11 is 0. The molecule has 0 saturated carbocycles. The molecule has 1 amide bonds. The van der Waals surface area contributed by atoms with E-state index in [1.54, 1.807) is 12.1 Å². The predicted molar refractivity (Wildman–Crippen MR) is 97.5 cm³/mol. The summed E-state index contributed by atoms with van der Waals surface area (Å²) in [4.78, 5) is 24.5. The van der Waals surface area contributed by atoms with Gasteiger partial charge in [-0.1, -0.05) is 30.3 Å². The SMILES string of the molecule is CC1=C(C(=O)OCCOc2ccccc2)[C@H](c2cccc(F)c2F)CC(=O)N1. The maximum atomic E-state index is 14.3. The lowest BCUT2D eigenvalue weighted by Gasteiger charge is -2.27. The summed E-state index contributed by atoms with van der Waals surface area (Å²) in [5.74, 6) is -3.48. The molecule has 28 heavy (non-hydrogen) atoms. The summed E-state index contributed by atoms with van der Waals surface area (Å²) in [7, 11) is 0. The van der Waals surface area contributed by atoms with Gasteiger partial charge in [-0.3, -0.25) is 4.79 Å². The lowest BCUT2D eigenvalue weighted by atomic mass is 9.84. The van der Waals surface area contributed by atoms with Crippen LogP contribution in [0.2, 0.25) is 0 Å². The molecular weight excluding hydrogens is 368 g/mol. The van der Waals surface area contributed by atoms with Crippen molar-refractivity contribution in [2.75, 3.05) is 13.2 Å². The van der Waals surface area contributed by atoms with Crippen molar-refractivity contribution in [3.63, 3.8) is 0 Å². The Labute approximate surface area is 161 Å². The second kappa shape index (κ2) is 8.65. The van der Waals surface area contributed by atoms with E-state index in [0.717, 1.165) is 6.07 Å². The van der Waals surface area contributed by atoms with Crippen molar-refractivity contribution in [3.8, 4) is 5.75 Å². The third-order valence-corrected chi connectivity index (χ3v) is 4.37. The molecule has 0 radical (unpaired) electrons. The number of para-hydroxylation sites is 1. The fraction of sp³-hybridized carbons (Fsp3) is 0.238. The van der Waals surface area contributed by atoms with Crippen LogP contribution in [0.25, 0.3) is 0 Å². The molecule has 0 fully saturated rings. The summed E-state index contributed by atoms with van der Waals surface area (Å²) in [6.45, 7) is 1.63. The van der Waals surface area contributed by atoms with E-state index in [1.165, 1.54) is 19.1 Å². The first-order valence-electron chi connectivity index (χ1n) is 8.77. The summed E-state index contributed by atoms with van der Waals surface area (Å²) in [5, 5.41) is 2.55. The molecule has 1 N–H and O–H groups in total. The van der Waals surface area contributed by atoms with Crippen molar-refractivity contribution in [1.29, 1.82) is 0 Å². The Morgan fingerprint density at radius 3 is 2.61 bits per heavy atom. The smallest absolute Gasteiger partial charge is 0.336 e. The number of halogens is 2. The Morgan fingerprint density at radius 1 is 1.11 bits per heavy atom. The van der Waals surface area contributed by atoms with Gasteiger partial charge in [0.05, 0.1) is 5.57 Å². The van der Waals surface area contributed by atoms with Crippen LogP contribution in [0.4, 0.5) is 8.78 Å². The second-order valence-corrected chi connectivity index (χ2v) is 6.28. The molecule has 1 aliphatic rings. The van der Waals surface area contributed by atoms with Crippen molar-refractivity contribution in [2.45, 2.75) is 19.3 Å². The van der Waals surface area contributed by atoms with Crippen molar-refractivity contribution in [2.24, 2.45) is 0 Å². The average molecular weight is 387 g/mol. The molecule has 1 heterocycles. The number of benzene rings is 2. The summed E-state index contributed by atoms with van der Waals surface area (Å²) in [6.07, 6.45) is -0.178. The van der Waals surface area contributed by atoms with Crippen molar-refractivity contribution >= 4 is 11.9 Å². The van der Waals surface area contributed by atoms with Gasteiger partial charge in [0.15, 0.2) is 11.6 Å². The number of hydrogen-bond acceptors (Lipinski definition) is 4. The van der Waals surface area contributed by atoms with Crippen LogP contribution in [0.1, 0.15) is 24.8 Å². The Kier molecular flexibility index (Phi) is 6.03. The first-order chi connectivity index (χ1) is 13.5. The maximum absolute atomic E-state index is 14.3. The molecule has 1 atom stereocenters. The highest BCUT2D eigenvalue weighted by Gasteiger charge is 2.34. The van der Waals surface area contributed by atoms with Crippen LogP contribution >= 0.6 is 0 Å². The molecule has 1 aliphatic heterocycles. The van der Waals surface area contributed by atoms with E-state index in [4.69, 9.17) is 9.47 Å². The van der Waals surface area contributed by atoms with E-state index in [-0.39, 0.29) is 42.4 Å². The molecule has 0 aliphatic carbocycles. The summed E-state index contributed by atoms with van der Waals surface area (Å²) in [5.41, 5.74) is 0.310. The minimum absolute atomic E-state index is 0.0309. The molecule has 0 aromatic heterocycles. The average Bonchev–Trinajstić information content (AvgIpc) is 2.67. The number of carbonyl (C=O) groups excluding carboxylic acids is 2. The highest BCUT2D eigenvalue weighted by Crippen LogP contribution is 2.35. The Balaban J connectivity index is 1.73. The van der Waals surface area contributed by atoms with Crippen LogP contribution in [0.3, 0.4) is 0 Å². The maximum Gasteiger partial charge on any atom is 0.336 e. The highest BCUT2D eigenvalue weighted by molar-refractivity contribution is 5.95. The largest absolute Gasteiger partial charge is 0.490 e. The van der Waals surface area contributed by atoms with E-state index in [0.29, 0.717) is 5.75 Å². The predicted octanol–water partition coefficient (Wildman–Crippen LogP) is 3.46. The molecule has 0 unspecified atom stereocenters. The quantitative estimate of drug-likeness (QED) is 0.609. The van der Waals surface area contributed by atoms with Gasteiger partial charge in [-0.05, 0) is 30.7 Å². The van der Waals surface area contributed by atoms with Gasteiger partial charge < -0.3 is 14.8 Å². The molecule has 7 heteroatoms. The molecular formula is C21H19F2NO4. The number of allylic oxidation sites excluding steroid dienone is 1. The fourth-order valence-electron chi connectivity index (χ4n) is 3.12. The zero-order valence-electron chi connectivity index (χ0n) is 15.2. The van der Waals surface area contributed by atoms with E-state index in [1.807, 2.05) is 18.2 Å². The van der Waals surface area contributed by atoms with Crippen LogP contribution in [0.5, 0.6) is 5.75 Å². The van der Waals surface area contributed by atoms with E-state index >= 15 is 0 Å². The highest BCUT2D eigenvalue weighted by atomic mass is 19.2. The van der Waals surface area contributed by atoms with Gasteiger partial charge in [0.1, 0.15) is 19.0 Å². The standard InChI is InChI=1S/C21H19F2NO4/c1-13-19(21(26)28-11-10-27-14-6-3-2-4-7-14)16(12-18(25)24-13)15-8-5-9-17(22)20(15)23/h2-9,16H,10-12H2,1H3,(H,24,25)/t16-/m0/s1. The van der Waals surface area contributed by atoms with Crippen LogP contribution < -0.4 is 10.1 Å². The monoisotopic (exact) mass is 387 g/mol. The van der Waals surface area contributed by atoms with Gasteiger partial charge in [-0.2, -0.15) is 0 Å². The van der Waals surface area contributed by atoms with Gasteiger partial charge in [0, 0.05) is 18.0 Å². The van der Waals surface area contributed by atoms with Crippen molar-refractivity contribution in [3.05, 3.63) is 77.0 Å². The van der Waals surface area contributed by atoms with Crippen LogP contribution in [0, 0.1) is 11.6 Å². The normalized spacial score (nSPS) is 16.5. The lowest BCUT2D eigenvalue weighted by molar-refractivity contribution is -0.140. The van der Waals surface area contributed by atoms with Gasteiger partial charge >= 0.3 is 5.97 Å². The lowest BCUT2D eigenvalue weighted by Crippen LogP contribution is -2.34. The zero-order chi connectivity index (χ0) is 20.1. The van der Waals surface area contributed by atoms with E-state index in [2.05, 4.69) is 5.32 Å². The first kappa shape index (κ1) is 19.5. The Morgan fingerprint density at radius 2 is 1.86 bits per heavy atom. The third-order valence-electron chi connectivity index (χ3n) is 4.37. The first-order valence-corrected chi connectivity index (χ1v) is 8.77. The minimum Gasteiger partial charge on any atom is -0.490 e. The van der Waals surface area contributed by atoms with E-state index < -0.39 is 23.5 Å². The number of esters is 1. The van der Waals surface area contributed by atoms with Crippen LogP contribution in [0.15, 0.2) is 59.8 Å². The number of carbonyl (C=O) groups is 2. The van der Waals surface area contributed by atoms with E-state index in [9.17, 15) is 18.4 Å². The number of amides is 1. The molecule has 2 aromatic rings. The summed E-state index contributed by atoms with van der Waals surface area (Å²) < 4.78 is 38.6. The molecule has 2 aromatic carbocycles. The number of nitrogens with one attached hydrogen (secondary N) is 1. The molecule has 0 saturated heterocycles. The van der Waals surface area contributed by atoms with Gasteiger partial charge in [-0.25, -0.2) is 13.6 Å². The molecule has 0 spiro atoms. The van der Waals surface area contributed by atoms with Gasteiger partial charge in [0.25, 0.3) is 0 Å². The topological polar surface area (TPSA) is 64.6 Å². The number of rotatable bonds is 6.